The van der Waals surface area contributed by atoms with Crippen LogP contribution in [0, 0.1) is 5.92 Å². The maximum Gasteiger partial charge on any atom is 0.414 e. The Balaban J connectivity index is 0.000000427. The first-order valence-corrected chi connectivity index (χ1v) is 12.1. The molecule has 0 spiro atoms. The van der Waals surface area contributed by atoms with Crippen LogP contribution in [0.1, 0.15) is 75.0 Å². The average Bonchev–Trinajstić information content (AvgIpc) is 3.20. The van der Waals surface area contributed by atoms with Gasteiger partial charge >= 0.3 is 11.9 Å². The molecule has 0 radical (unpaired) electrons. The van der Waals surface area contributed by atoms with Crippen molar-refractivity contribution in [1.82, 2.24) is 10.2 Å². The number of carboxylic acids is 2. The van der Waals surface area contributed by atoms with Crippen LogP contribution in [-0.2, 0) is 16.0 Å². The lowest BCUT2D eigenvalue weighted by Gasteiger charge is -2.32. The van der Waals surface area contributed by atoms with E-state index in [2.05, 4.69) is 35.5 Å². The Labute approximate surface area is 191 Å². The molecule has 2 fully saturated rings. The number of carboxylic acid groups (broad SMARTS) is 2. The summed E-state index contributed by atoms with van der Waals surface area (Å²) < 4.78 is 6.17. The molecule has 2 atom stereocenters. The van der Waals surface area contributed by atoms with Gasteiger partial charge < -0.3 is 25.2 Å². The molecule has 4 rings (SSSR count). The fourth-order valence-corrected chi connectivity index (χ4v) is 5.33. The second-order valence-corrected chi connectivity index (χ2v) is 9.38. The first-order valence-electron chi connectivity index (χ1n) is 12.1. The fraction of sp³-hybridized carbons (Fsp3) is 0.680. The van der Waals surface area contributed by atoms with Gasteiger partial charge in [-0.25, -0.2) is 9.59 Å². The third-order valence-corrected chi connectivity index (χ3v) is 7.15. The van der Waals surface area contributed by atoms with Crippen LogP contribution in [0.4, 0.5) is 0 Å². The van der Waals surface area contributed by atoms with E-state index in [0.717, 1.165) is 37.7 Å². The first-order chi connectivity index (χ1) is 15.4. The van der Waals surface area contributed by atoms with Gasteiger partial charge in [0.05, 0.1) is 6.61 Å². The maximum absolute atomic E-state index is 9.10. The summed E-state index contributed by atoms with van der Waals surface area (Å²) in [6, 6.07) is 8.11. The van der Waals surface area contributed by atoms with Crippen molar-refractivity contribution < 1.29 is 24.5 Å². The minimum absolute atomic E-state index is 0.534. The number of nitrogens with zero attached hydrogens (tertiary/aromatic N) is 1. The lowest BCUT2D eigenvalue weighted by atomic mass is 9.81. The van der Waals surface area contributed by atoms with Gasteiger partial charge in [-0.05, 0) is 81.4 Å². The minimum atomic E-state index is -1.82. The number of hydrogen-bond acceptors (Lipinski definition) is 5. The Morgan fingerprint density at radius 1 is 1.09 bits per heavy atom. The van der Waals surface area contributed by atoms with E-state index in [4.69, 9.17) is 24.5 Å². The fourth-order valence-electron chi connectivity index (χ4n) is 5.33. The standard InChI is InChI=1S/C23H36N2O.C2H2O4/c1-25-14-5-8-20(25)12-15-26-21-10-9-19-11-13-24-23(22(19)17-21)16-18-6-3-2-4-7-18;3-1(4)2(5)6/h9-10,17-18,20,23-24H,2-8,11-16H2,1H3;(H,3,4)(H,5,6). The highest BCUT2D eigenvalue weighted by Gasteiger charge is 2.25. The smallest absolute Gasteiger partial charge is 0.414 e. The van der Waals surface area contributed by atoms with Crippen molar-refractivity contribution in [3.05, 3.63) is 29.3 Å². The zero-order valence-corrected chi connectivity index (χ0v) is 19.2. The molecule has 1 aliphatic carbocycles. The molecule has 32 heavy (non-hydrogen) atoms. The highest BCUT2D eigenvalue weighted by Crippen LogP contribution is 2.36. The Morgan fingerprint density at radius 2 is 1.84 bits per heavy atom. The number of rotatable bonds is 6. The van der Waals surface area contributed by atoms with Crippen molar-refractivity contribution in [3.63, 3.8) is 0 Å². The van der Waals surface area contributed by atoms with Gasteiger partial charge in [0.15, 0.2) is 0 Å². The van der Waals surface area contributed by atoms with E-state index in [1.165, 1.54) is 69.0 Å². The third-order valence-electron chi connectivity index (χ3n) is 7.15. The molecular weight excluding hydrogens is 408 g/mol. The predicted molar refractivity (Wildman–Crippen MR) is 123 cm³/mol. The molecule has 0 amide bonds. The van der Waals surface area contributed by atoms with Crippen LogP contribution in [-0.4, -0.2) is 59.8 Å². The molecule has 178 valence electrons. The Hall–Kier alpha value is -2.12. The second kappa shape index (κ2) is 12.2. The van der Waals surface area contributed by atoms with Crippen molar-refractivity contribution in [2.45, 2.75) is 76.3 Å². The summed E-state index contributed by atoms with van der Waals surface area (Å²) in [6.07, 6.45) is 13.5. The van der Waals surface area contributed by atoms with Crippen molar-refractivity contribution >= 4 is 11.9 Å². The van der Waals surface area contributed by atoms with Gasteiger partial charge in [0.1, 0.15) is 5.75 Å². The number of benzene rings is 1. The number of aliphatic carboxylic acids is 2. The van der Waals surface area contributed by atoms with Crippen LogP contribution in [0.5, 0.6) is 5.75 Å². The molecule has 0 bridgehead atoms. The molecule has 1 aromatic carbocycles. The number of nitrogens with one attached hydrogen (secondary N) is 1. The highest BCUT2D eigenvalue weighted by atomic mass is 16.5. The van der Waals surface area contributed by atoms with Gasteiger partial charge in [0.25, 0.3) is 0 Å². The Kier molecular flexibility index (Phi) is 9.36. The maximum atomic E-state index is 9.10. The monoisotopic (exact) mass is 446 g/mol. The molecule has 2 unspecified atom stereocenters. The van der Waals surface area contributed by atoms with Crippen molar-refractivity contribution in [3.8, 4) is 5.75 Å². The van der Waals surface area contributed by atoms with Gasteiger partial charge in [-0.2, -0.15) is 0 Å². The predicted octanol–water partition coefficient (Wildman–Crippen LogP) is 3.86. The molecule has 2 heterocycles. The summed E-state index contributed by atoms with van der Waals surface area (Å²) in [5.74, 6) is -1.67. The van der Waals surface area contributed by atoms with Gasteiger partial charge in [-0.15, -0.1) is 0 Å². The SMILES string of the molecule is CN1CCCC1CCOc1ccc2c(c1)C(CC1CCCCC1)NCC2.O=C(O)C(=O)O. The molecule has 3 N–H and O–H groups in total. The number of ether oxygens (including phenoxy) is 1. The van der Waals surface area contributed by atoms with Crippen LogP contribution < -0.4 is 10.1 Å². The largest absolute Gasteiger partial charge is 0.494 e. The van der Waals surface area contributed by atoms with Gasteiger partial charge in [0.2, 0.25) is 0 Å². The number of likely N-dealkylation sites (tertiary alicyclic amines) is 1. The summed E-state index contributed by atoms with van der Waals surface area (Å²) >= 11 is 0. The van der Waals surface area contributed by atoms with E-state index in [9.17, 15) is 0 Å². The number of fused-ring (bicyclic) bond motifs is 1. The normalized spacial score (nSPS) is 23.7. The van der Waals surface area contributed by atoms with Gasteiger partial charge in [0, 0.05) is 12.1 Å². The van der Waals surface area contributed by atoms with E-state index < -0.39 is 11.9 Å². The third kappa shape index (κ3) is 7.20. The van der Waals surface area contributed by atoms with E-state index in [0.29, 0.717) is 12.1 Å². The van der Waals surface area contributed by atoms with E-state index in [1.807, 2.05) is 0 Å². The summed E-state index contributed by atoms with van der Waals surface area (Å²) in [5.41, 5.74) is 3.05. The molecular formula is C25H38N2O5. The minimum Gasteiger partial charge on any atom is -0.494 e. The van der Waals surface area contributed by atoms with E-state index >= 15 is 0 Å². The van der Waals surface area contributed by atoms with Crippen molar-refractivity contribution in [2.24, 2.45) is 5.92 Å². The molecule has 2 aliphatic heterocycles. The van der Waals surface area contributed by atoms with Crippen molar-refractivity contribution in [1.29, 1.82) is 0 Å². The zero-order valence-electron chi connectivity index (χ0n) is 19.2. The quantitative estimate of drug-likeness (QED) is 0.571. The molecule has 3 aliphatic rings. The Bertz CT molecular complexity index is 751. The first kappa shape index (κ1) is 24.5. The van der Waals surface area contributed by atoms with E-state index in [1.54, 1.807) is 0 Å². The van der Waals surface area contributed by atoms with E-state index in [-0.39, 0.29) is 0 Å². The highest BCUT2D eigenvalue weighted by molar-refractivity contribution is 6.27. The van der Waals surface area contributed by atoms with Gasteiger partial charge in [-0.3, -0.25) is 0 Å². The summed E-state index contributed by atoms with van der Waals surface area (Å²) in [7, 11) is 2.25. The molecule has 7 heteroatoms. The molecule has 0 aromatic heterocycles. The van der Waals surface area contributed by atoms with Crippen LogP contribution in [0.3, 0.4) is 0 Å². The van der Waals surface area contributed by atoms with Crippen LogP contribution >= 0.6 is 0 Å². The lowest BCUT2D eigenvalue weighted by molar-refractivity contribution is -0.159. The van der Waals surface area contributed by atoms with Gasteiger partial charge in [-0.1, -0.05) is 38.2 Å². The Morgan fingerprint density at radius 3 is 2.50 bits per heavy atom. The number of hydrogen-bond donors (Lipinski definition) is 3. The second-order valence-electron chi connectivity index (χ2n) is 9.38. The van der Waals surface area contributed by atoms with Crippen LogP contribution in [0.2, 0.25) is 0 Å². The molecule has 7 nitrogen and oxygen atoms in total. The summed E-state index contributed by atoms with van der Waals surface area (Å²) in [4.78, 5) is 20.7. The molecule has 1 aromatic rings. The topological polar surface area (TPSA) is 99.1 Å². The van der Waals surface area contributed by atoms with Crippen molar-refractivity contribution in [2.75, 3.05) is 26.7 Å². The van der Waals surface area contributed by atoms with Crippen LogP contribution in [0.25, 0.3) is 0 Å². The molecule has 1 saturated carbocycles. The summed E-state index contributed by atoms with van der Waals surface area (Å²) in [6.45, 7) is 3.21. The lowest BCUT2D eigenvalue weighted by Crippen LogP contribution is -2.31. The summed E-state index contributed by atoms with van der Waals surface area (Å²) in [5, 5.41) is 18.6. The molecule has 1 saturated heterocycles. The number of carbonyl (C=O) groups is 2. The average molecular weight is 447 g/mol. The zero-order chi connectivity index (χ0) is 22.9. The van der Waals surface area contributed by atoms with Crippen LogP contribution in [0.15, 0.2) is 18.2 Å².